The molecular weight excluding hydrogens is 530 g/mol. The number of Topliss-reactive ketones (excluding diaryl/α,β-unsaturated/α-hetero) is 2. The van der Waals surface area contributed by atoms with E-state index in [1.54, 1.807) is 13.0 Å². The van der Waals surface area contributed by atoms with Gasteiger partial charge in [0.2, 0.25) is 11.7 Å². The number of carbonyl (C=O) groups excluding carboxylic acids is 5. The number of rotatable bonds is 10. The molecule has 0 aromatic rings. The van der Waals surface area contributed by atoms with Crippen molar-refractivity contribution in [2.75, 3.05) is 6.61 Å². The second-order valence-electron chi connectivity index (χ2n) is 13.5. The topological polar surface area (TPSA) is 164 Å². The number of ketones is 3. The molecule has 4 aliphatic rings. The predicted molar refractivity (Wildman–Crippen MR) is 146 cm³/mol. The van der Waals surface area contributed by atoms with Crippen molar-refractivity contribution in [3.63, 3.8) is 0 Å². The third kappa shape index (κ3) is 5.64. The third-order valence-corrected chi connectivity index (χ3v) is 10.5. The van der Waals surface area contributed by atoms with Gasteiger partial charge in [-0.3, -0.25) is 24.0 Å². The predicted octanol–water partition coefficient (Wildman–Crippen LogP) is 2.94. The molecule has 7 atom stereocenters. The molecule has 3 saturated carbocycles. The Morgan fingerprint density at radius 3 is 2.44 bits per heavy atom. The standard InChI is InChI=1S/C31H43NO9/c1-17(2)13-22(28(38)39)32-25(36)7-8-26(37)41-16-24(35)31(40)12-10-21-20-6-5-18-14-19(33)9-11-29(18,3)27(20)23(34)15-30(21,31)4/h14,17,20-22,27,40H,5-13,15-16H2,1-4H3,(H,32,36)(H,38,39)/t20?,21?,22?,27?,29-,30-,31-/m0/s1. The SMILES string of the molecule is CC(C)CC(NC(=O)CCC(=O)OCC(=O)[C@@]1(O)CCC2C3CCC4=CC(=O)CC[C@]4(C)C3C(=O)C[C@@]21C)C(=O)O. The molecule has 0 bridgehead atoms. The van der Waals surface area contributed by atoms with Crippen molar-refractivity contribution in [3.8, 4) is 0 Å². The van der Waals surface area contributed by atoms with Crippen molar-refractivity contribution >= 4 is 35.2 Å². The number of carboxylic acid groups (broad SMARTS) is 1. The van der Waals surface area contributed by atoms with Gasteiger partial charge in [0, 0.05) is 30.6 Å². The average molecular weight is 574 g/mol. The summed E-state index contributed by atoms with van der Waals surface area (Å²) in [6.07, 6.45) is 4.66. The molecular formula is C31H43NO9. The van der Waals surface area contributed by atoms with E-state index in [-0.39, 0.29) is 72.8 Å². The van der Waals surface area contributed by atoms with E-state index in [1.807, 2.05) is 13.8 Å². The zero-order valence-corrected chi connectivity index (χ0v) is 24.5. The van der Waals surface area contributed by atoms with Crippen LogP contribution in [0, 0.1) is 34.5 Å². The minimum absolute atomic E-state index is 0.00446. The largest absolute Gasteiger partial charge is 0.480 e. The lowest BCUT2D eigenvalue weighted by Crippen LogP contribution is -2.61. The van der Waals surface area contributed by atoms with E-state index < -0.39 is 47.3 Å². The highest BCUT2D eigenvalue weighted by Gasteiger charge is 2.68. The number of carbonyl (C=O) groups is 6. The van der Waals surface area contributed by atoms with Crippen molar-refractivity contribution in [1.82, 2.24) is 5.32 Å². The molecule has 0 heterocycles. The zero-order chi connectivity index (χ0) is 30.3. The summed E-state index contributed by atoms with van der Waals surface area (Å²) >= 11 is 0. The number of fused-ring (bicyclic) bond motifs is 5. The van der Waals surface area contributed by atoms with Crippen LogP contribution < -0.4 is 5.32 Å². The molecule has 0 saturated heterocycles. The molecule has 3 fully saturated rings. The molecule has 3 N–H and O–H groups in total. The highest BCUT2D eigenvalue weighted by atomic mass is 16.5. The molecule has 1 amide bonds. The summed E-state index contributed by atoms with van der Waals surface area (Å²) in [4.78, 5) is 75.0. The Morgan fingerprint density at radius 2 is 1.78 bits per heavy atom. The Hall–Kier alpha value is -2.88. The van der Waals surface area contributed by atoms with Gasteiger partial charge >= 0.3 is 11.9 Å². The number of nitrogens with one attached hydrogen (secondary N) is 1. The molecule has 41 heavy (non-hydrogen) atoms. The molecule has 10 heteroatoms. The van der Waals surface area contributed by atoms with Gasteiger partial charge in [-0.1, -0.05) is 33.3 Å². The van der Waals surface area contributed by atoms with Crippen LogP contribution in [-0.4, -0.2) is 63.7 Å². The van der Waals surface area contributed by atoms with Crippen LogP contribution in [0.15, 0.2) is 11.6 Å². The van der Waals surface area contributed by atoms with E-state index in [0.717, 1.165) is 18.4 Å². The molecule has 4 rings (SSSR count). The van der Waals surface area contributed by atoms with Crippen molar-refractivity contribution < 1.29 is 43.7 Å². The summed E-state index contributed by atoms with van der Waals surface area (Å²) in [5, 5.41) is 23.4. The first-order valence-electron chi connectivity index (χ1n) is 14.8. The van der Waals surface area contributed by atoms with E-state index >= 15 is 0 Å². The van der Waals surface area contributed by atoms with Gasteiger partial charge in [0.15, 0.2) is 12.4 Å². The van der Waals surface area contributed by atoms with Gasteiger partial charge in [-0.05, 0) is 67.8 Å². The van der Waals surface area contributed by atoms with Gasteiger partial charge in [-0.15, -0.1) is 0 Å². The first kappa shape index (κ1) is 31.1. The first-order valence-corrected chi connectivity index (χ1v) is 14.8. The smallest absolute Gasteiger partial charge is 0.326 e. The number of hydrogen-bond donors (Lipinski definition) is 3. The fourth-order valence-corrected chi connectivity index (χ4v) is 8.36. The van der Waals surface area contributed by atoms with Crippen LogP contribution in [0.25, 0.3) is 0 Å². The normalized spacial score (nSPS) is 35.1. The first-order chi connectivity index (χ1) is 19.1. The van der Waals surface area contributed by atoms with E-state index in [4.69, 9.17) is 4.74 Å². The lowest BCUT2D eigenvalue weighted by atomic mass is 9.46. The highest BCUT2D eigenvalue weighted by molar-refractivity contribution is 5.95. The van der Waals surface area contributed by atoms with Crippen LogP contribution in [0.5, 0.6) is 0 Å². The zero-order valence-electron chi connectivity index (χ0n) is 24.5. The molecule has 0 aliphatic heterocycles. The van der Waals surface area contributed by atoms with Crippen molar-refractivity contribution in [2.24, 2.45) is 34.5 Å². The number of hydrogen-bond acceptors (Lipinski definition) is 8. The summed E-state index contributed by atoms with van der Waals surface area (Å²) in [6.45, 7) is 6.89. The minimum Gasteiger partial charge on any atom is -0.480 e. The Morgan fingerprint density at radius 1 is 1.07 bits per heavy atom. The van der Waals surface area contributed by atoms with Crippen LogP contribution in [0.1, 0.15) is 91.9 Å². The number of allylic oxidation sites excluding steroid dienone is 1. The lowest BCUT2D eigenvalue weighted by Gasteiger charge is -2.57. The molecule has 0 radical (unpaired) electrons. The molecule has 0 aromatic heterocycles. The fraction of sp³-hybridized carbons (Fsp3) is 0.742. The molecule has 4 unspecified atom stereocenters. The lowest BCUT2D eigenvalue weighted by molar-refractivity contribution is -0.173. The Balaban J connectivity index is 1.36. The summed E-state index contributed by atoms with van der Waals surface area (Å²) in [5.74, 6) is -3.34. The fourth-order valence-electron chi connectivity index (χ4n) is 8.36. The number of carboxylic acids is 1. The van der Waals surface area contributed by atoms with Crippen LogP contribution >= 0.6 is 0 Å². The Kier molecular flexibility index (Phi) is 8.65. The van der Waals surface area contributed by atoms with Crippen LogP contribution in [0.2, 0.25) is 0 Å². The quantitative estimate of drug-likeness (QED) is 0.333. The summed E-state index contributed by atoms with van der Waals surface area (Å²) in [5.41, 5.74) is -2.13. The van der Waals surface area contributed by atoms with Crippen molar-refractivity contribution in [3.05, 3.63) is 11.6 Å². The monoisotopic (exact) mass is 573 g/mol. The highest BCUT2D eigenvalue weighted by Crippen LogP contribution is 2.66. The number of ether oxygens (including phenoxy) is 1. The van der Waals surface area contributed by atoms with Crippen LogP contribution in [0.3, 0.4) is 0 Å². The van der Waals surface area contributed by atoms with Crippen molar-refractivity contribution in [2.45, 2.75) is 104 Å². The molecule has 226 valence electrons. The maximum Gasteiger partial charge on any atom is 0.326 e. The summed E-state index contributed by atoms with van der Waals surface area (Å²) in [6, 6.07) is -1.06. The maximum atomic E-state index is 13.7. The Labute approximate surface area is 240 Å². The number of esters is 1. The molecule has 10 nitrogen and oxygen atoms in total. The maximum absolute atomic E-state index is 13.7. The summed E-state index contributed by atoms with van der Waals surface area (Å²) < 4.78 is 5.13. The average Bonchev–Trinajstić information content (AvgIpc) is 3.16. The van der Waals surface area contributed by atoms with Crippen LogP contribution in [-0.2, 0) is 33.5 Å². The van der Waals surface area contributed by atoms with E-state index in [1.165, 1.54) is 0 Å². The number of amides is 1. The van der Waals surface area contributed by atoms with E-state index in [2.05, 4.69) is 12.2 Å². The number of aliphatic hydroxyl groups is 1. The van der Waals surface area contributed by atoms with Gasteiger partial charge < -0.3 is 20.3 Å². The van der Waals surface area contributed by atoms with Gasteiger partial charge in [0.25, 0.3) is 0 Å². The van der Waals surface area contributed by atoms with Gasteiger partial charge in [0.1, 0.15) is 17.4 Å². The van der Waals surface area contributed by atoms with E-state index in [0.29, 0.717) is 19.3 Å². The number of aliphatic carboxylic acids is 1. The molecule has 4 aliphatic carbocycles. The molecule has 0 spiro atoms. The third-order valence-electron chi connectivity index (χ3n) is 10.5. The van der Waals surface area contributed by atoms with Gasteiger partial charge in [-0.2, -0.15) is 0 Å². The van der Waals surface area contributed by atoms with E-state index in [9.17, 15) is 39.0 Å². The van der Waals surface area contributed by atoms with Gasteiger partial charge in [0.05, 0.1) is 6.42 Å². The Bertz CT molecular complexity index is 1170. The second kappa shape index (κ2) is 11.4. The van der Waals surface area contributed by atoms with Crippen molar-refractivity contribution in [1.29, 1.82) is 0 Å². The second-order valence-corrected chi connectivity index (χ2v) is 13.5. The van der Waals surface area contributed by atoms with Crippen LogP contribution in [0.4, 0.5) is 0 Å². The summed E-state index contributed by atoms with van der Waals surface area (Å²) in [7, 11) is 0. The minimum atomic E-state index is -1.82. The molecule has 0 aromatic carbocycles. The van der Waals surface area contributed by atoms with Gasteiger partial charge in [-0.25, -0.2) is 4.79 Å².